The number of hydrogen-bond acceptors (Lipinski definition) is 4. The highest BCUT2D eigenvalue weighted by molar-refractivity contribution is 9.10. The molecular formula is C13H18BrN3O. The van der Waals surface area contributed by atoms with Crippen LogP contribution < -0.4 is 11.1 Å². The van der Waals surface area contributed by atoms with Crippen LogP contribution in [-0.4, -0.2) is 29.8 Å². The lowest BCUT2D eigenvalue weighted by Gasteiger charge is -2.52. The largest absolute Gasteiger partial charge is 0.376 e. The molecule has 2 fully saturated rings. The van der Waals surface area contributed by atoms with Crippen molar-refractivity contribution in [3.05, 3.63) is 22.3 Å². The molecule has 3 N–H and O–H groups in total. The molecule has 5 heteroatoms. The second kappa shape index (κ2) is 4.79. The Balaban J connectivity index is 1.71. The lowest BCUT2D eigenvalue weighted by molar-refractivity contribution is -0.104. The van der Waals surface area contributed by atoms with Gasteiger partial charge in [0, 0.05) is 23.0 Å². The summed E-state index contributed by atoms with van der Waals surface area (Å²) in [5.74, 6) is 1.40. The first-order chi connectivity index (χ1) is 8.66. The molecule has 4 nitrogen and oxygen atoms in total. The standard InChI is InChI=1S/C13H18BrN3O/c1-7-9(14)4-5-10(16-7)17-12-11(15)8-3-2-6-18-13(8)12/h4-5,8,11-13H,2-3,6,15H2,1H3,(H,16,17). The third-order valence-electron chi connectivity index (χ3n) is 4.01. The molecule has 0 spiro atoms. The molecule has 98 valence electrons. The smallest absolute Gasteiger partial charge is 0.126 e. The van der Waals surface area contributed by atoms with Gasteiger partial charge in [0.25, 0.3) is 0 Å². The molecule has 0 aromatic carbocycles. The molecule has 4 unspecified atom stereocenters. The van der Waals surface area contributed by atoms with E-state index in [4.69, 9.17) is 10.5 Å². The van der Waals surface area contributed by atoms with Crippen LogP contribution in [0.2, 0.25) is 0 Å². The van der Waals surface area contributed by atoms with Crippen LogP contribution in [0.25, 0.3) is 0 Å². The first-order valence-electron chi connectivity index (χ1n) is 6.43. The van der Waals surface area contributed by atoms with Gasteiger partial charge in [-0.05, 0) is 47.8 Å². The Hall–Kier alpha value is -0.650. The molecule has 0 amide bonds. The summed E-state index contributed by atoms with van der Waals surface area (Å²) in [5.41, 5.74) is 7.19. The lowest BCUT2D eigenvalue weighted by atomic mass is 9.68. The van der Waals surface area contributed by atoms with Gasteiger partial charge in [-0.3, -0.25) is 0 Å². The third kappa shape index (κ3) is 2.04. The summed E-state index contributed by atoms with van der Waals surface area (Å²) in [6.07, 6.45) is 2.59. The van der Waals surface area contributed by atoms with Gasteiger partial charge in [-0.15, -0.1) is 0 Å². The Morgan fingerprint density at radius 2 is 2.33 bits per heavy atom. The molecule has 1 saturated heterocycles. The fourth-order valence-corrected chi connectivity index (χ4v) is 3.14. The molecule has 1 saturated carbocycles. The van der Waals surface area contributed by atoms with Gasteiger partial charge in [-0.25, -0.2) is 4.98 Å². The van der Waals surface area contributed by atoms with Crippen LogP contribution in [0.1, 0.15) is 18.5 Å². The Morgan fingerprint density at radius 1 is 1.50 bits per heavy atom. The molecule has 0 bridgehead atoms. The number of pyridine rings is 1. The highest BCUT2D eigenvalue weighted by Gasteiger charge is 2.50. The van der Waals surface area contributed by atoms with E-state index in [-0.39, 0.29) is 18.2 Å². The van der Waals surface area contributed by atoms with Gasteiger partial charge in [-0.2, -0.15) is 0 Å². The Labute approximate surface area is 115 Å². The highest BCUT2D eigenvalue weighted by Crippen LogP contribution is 2.38. The number of nitrogens with one attached hydrogen (secondary N) is 1. The molecule has 1 aromatic rings. The van der Waals surface area contributed by atoms with E-state index in [1.54, 1.807) is 0 Å². The van der Waals surface area contributed by atoms with Gasteiger partial charge in [0.05, 0.1) is 17.8 Å². The SMILES string of the molecule is Cc1nc(NC2C(N)C3CCCOC32)ccc1Br. The zero-order valence-electron chi connectivity index (χ0n) is 10.4. The molecule has 2 aliphatic rings. The predicted octanol–water partition coefficient (Wildman–Crippen LogP) is 2.07. The van der Waals surface area contributed by atoms with Crippen LogP contribution in [0, 0.1) is 12.8 Å². The van der Waals surface area contributed by atoms with Crippen LogP contribution in [0.15, 0.2) is 16.6 Å². The van der Waals surface area contributed by atoms with Crippen LogP contribution in [0.4, 0.5) is 5.82 Å². The number of nitrogens with two attached hydrogens (primary N) is 1. The van der Waals surface area contributed by atoms with Crippen molar-refractivity contribution >= 4 is 21.7 Å². The van der Waals surface area contributed by atoms with Crippen molar-refractivity contribution in [3.8, 4) is 0 Å². The Bertz CT molecular complexity index is 454. The van der Waals surface area contributed by atoms with Crippen LogP contribution in [-0.2, 0) is 4.74 Å². The van der Waals surface area contributed by atoms with Crippen molar-refractivity contribution in [2.75, 3.05) is 11.9 Å². The third-order valence-corrected chi connectivity index (χ3v) is 4.85. The van der Waals surface area contributed by atoms with E-state index in [2.05, 4.69) is 26.2 Å². The minimum Gasteiger partial charge on any atom is -0.376 e. The normalized spacial score (nSPS) is 34.6. The first kappa shape index (κ1) is 12.4. The number of aryl methyl sites for hydroxylation is 1. The van der Waals surface area contributed by atoms with Gasteiger partial charge >= 0.3 is 0 Å². The predicted molar refractivity (Wildman–Crippen MR) is 74.5 cm³/mol. The van der Waals surface area contributed by atoms with Crippen molar-refractivity contribution in [1.29, 1.82) is 0 Å². The summed E-state index contributed by atoms with van der Waals surface area (Å²) in [4.78, 5) is 4.50. The van der Waals surface area contributed by atoms with Gasteiger partial charge in [-0.1, -0.05) is 0 Å². The van der Waals surface area contributed by atoms with E-state index in [1.807, 2.05) is 19.1 Å². The van der Waals surface area contributed by atoms with Crippen molar-refractivity contribution < 1.29 is 4.74 Å². The number of nitrogens with zero attached hydrogens (tertiary/aromatic N) is 1. The molecule has 3 rings (SSSR count). The maximum absolute atomic E-state index is 6.21. The number of fused-ring (bicyclic) bond motifs is 1. The average Bonchev–Trinajstić information content (AvgIpc) is 2.39. The summed E-state index contributed by atoms with van der Waals surface area (Å²) in [7, 11) is 0. The van der Waals surface area contributed by atoms with Crippen LogP contribution in [0.5, 0.6) is 0 Å². The van der Waals surface area contributed by atoms with Crippen molar-refractivity contribution in [3.63, 3.8) is 0 Å². The van der Waals surface area contributed by atoms with Gasteiger partial charge in [0.1, 0.15) is 5.82 Å². The highest BCUT2D eigenvalue weighted by atomic mass is 79.9. The first-order valence-corrected chi connectivity index (χ1v) is 7.23. The van der Waals surface area contributed by atoms with Crippen LogP contribution >= 0.6 is 15.9 Å². The fraction of sp³-hybridized carbons (Fsp3) is 0.615. The van der Waals surface area contributed by atoms with E-state index < -0.39 is 0 Å². The van der Waals surface area contributed by atoms with Crippen LogP contribution in [0.3, 0.4) is 0 Å². The summed E-state index contributed by atoms with van der Waals surface area (Å²) in [6, 6.07) is 4.36. The summed E-state index contributed by atoms with van der Waals surface area (Å²) in [6.45, 7) is 2.84. The number of anilines is 1. The number of hydrogen-bond donors (Lipinski definition) is 2. The van der Waals surface area contributed by atoms with Gasteiger partial charge in [0.2, 0.25) is 0 Å². The van der Waals surface area contributed by atoms with Crippen molar-refractivity contribution in [1.82, 2.24) is 4.98 Å². The van der Waals surface area contributed by atoms with Gasteiger partial charge in [0.15, 0.2) is 0 Å². The van der Waals surface area contributed by atoms with E-state index in [0.717, 1.165) is 29.0 Å². The topological polar surface area (TPSA) is 60.2 Å². The summed E-state index contributed by atoms with van der Waals surface area (Å²) >= 11 is 3.45. The Morgan fingerprint density at radius 3 is 3.11 bits per heavy atom. The number of halogens is 1. The zero-order valence-corrected chi connectivity index (χ0v) is 12.0. The summed E-state index contributed by atoms with van der Waals surface area (Å²) in [5, 5.41) is 3.41. The maximum Gasteiger partial charge on any atom is 0.126 e. The second-order valence-corrected chi connectivity index (χ2v) is 6.01. The average molecular weight is 312 g/mol. The maximum atomic E-state index is 6.21. The molecule has 0 radical (unpaired) electrons. The second-order valence-electron chi connectivity index (χ2n) is 5.15. The number of rotatable bonds is 2. The molecule has 1 aromatic heterocycles. The van der Waals surface area contributed by atoms with E-state index in [9.17, 15) is 0 Å². The Kier molecular flexibility index (Phi) is 3.30. The monoisotopic (exact) mass is 311 g/mol. The zero-order chi connectivity index (χ0) is 12.7. The van der Waals surface area contributed by atoms with Crippen molar-refractivity contribution in [2.45, 2.75) is 38.0 Å². The van der Waals surface area contributed by atoms with E-state index in [1.165, 1.54) is 6.42 Å². The van der Waals surface area contributed by atoms with E-state index >= 15 is 0 Å². The minimum absolute atomic E-state index is 0.182. The number of ether oxygens (including phenoxy) is 1. The molecule has 1 aliphatic carbocycles. The molecular weight excluding hydrogens is 294 g/mol. The molecule has 18 heavy (non-hydrogen) atoms. The van der Waals surface area contributed by atoms with Crippen molar-refractivity contribution in [2.24, 2.45) is 11.7 Å². The van der Waals surface area contributed by atoms with E-state index in [0.29, 0.717) is 5.92 Å². The molecule has 4 atom stereocenters. The number of aromatic nitrogens is 1. The summed E-state index contributed by atoms with van der Waals surface area (Å²) < 4.78 is 6.83. The molecule has 2 heterocycles. The fourth-order valence-electron chi connectivity index (χ4n) is 2.92. The minimum atomic E-state index is 0.182. The quantitative estimate of drug-likeness (QED) is 0.878. The molecule has 1 aliphatic heterocycles. The van der Waals surface area contributed by atoms with Gasteiger partial charge < -0.3 is 15.8 Å². The lowest BCUT2D eigenvalue weighted by Crippen LogP contribution is -2.69.